The average Bonchev–Trinajstić information content (AvgIpc) is 3.31. The molecule has 3 heterocycles. The summed E-state index contributed by atoms with van der Waals surface area (Å²) in [5.74, 6) is 0.750. The Labute approximate surface area is 162 Å². The number of amides is 1. The van der Waals surface area contributed by atoms with E-state index in [4.69, 9.17) is 0 Å². The topological polar surface area (TPSA) is 57.7 Å². The minimum Gasteiger partial charge on any atom is -0.336 e. The lowest BCUT2D eigenvalue weighted by Gasteiger charge is -2.34. The highest BCUT2D eigenvalue weighted by Crippen LogP contribution is 2.33. The lowest BCUT2D eigenvalue weighted by Crippen LogP contribution is -2.50. The second-order valence-corrected chi connectivity index (χ2v) is 11.1. The van der Waals surface area contributed by atoms with Crippen molar-refractivity contribution in [2.24, 2.45) is 5.92 Å². The summed E-state index contributed by atoms with van der Waals surface area (Å²) in [7, 11) is -3.43. The van der Waals surface area contributed by atoms with Crippen LogP contribution in [-0.4, -0.2) is 49.7 Å². The maximum absolute atomic E-state index is 13.0. The van der Waals surface area contributed by atoms with Crippen LogP contribution >= 0.6 is 22.7 Å². The quantitative estimate of drug-likeness (QED) is 0.781. The van der Waals surface area contributed by atoms with Gasteiger partial charge in [0.25, 0.3) is 15.9 Å². The van der Waals surface area contributed by atoms with E-state index in [1.807, 2.05) is 5.38 Å². The van der Waals surface area contributed by atoms with E-state index in [1.165, 1.54) is 26.1 Å². The van der Waals surface area contributed by atoms with Crippen molar-refractivity contribution in [3.63, 3.8) is 0 Å². The third-order valence-corrected chi connectivity index (χ3v) is 9.57. The summed E-state index contributed by atoms with van der Waals surface area (Å²) in [6, 6.07) is 3.38. The molecule has 0 unspecified atom stereocenters. The molecule has 0 aromatic carbocycles. The van der Waals surface area contributed by atoms with Crippen molar-refractivity contribution in [2.45, 2.75) is 30.4 Å². The zero-order valence-electron chi connectivity index (χ0n) is 14.7. The van der Waals surface area contributed by atoms with Gasteiger partial charge in [-0.25, -0.2) is 8.42 Å². The predicted molar refractivity (Wildman–Crippen MR) is 104 cm³/mol. The fourth-order valence-electron chi connectivity index (χ4n) is 3.70. The zero-order chi connectivity index (χ0) is 18.3. The fraction of sp³-hybridized carbons (Fsp3) is 0.500. The Morgan fingerprint density at radius 1 is 1.19 bits per heavy atom. The first-order valence-corrected chi connectivity index (χ1v) is 12.1. The number of piperazine rings is 1. The van der Waals surface area contributed by atoms with E-state index in [0.717, 1.165) is 24.8 Å². The van der Waals surface area contributed by atoms with Gasteiger partial charge in [0.1, 0.15) is 4.21 Å². The molecule has 140 valence electrons. The third kappa shape index (κ3) is 3.24. The minimum absolute atomic E-state index is 0.0604. The van der Waals surface area contributed by atoms with Crippen molar-refractivity contribution in [1.82, 2.24) is 9.21 Å². The summed E-state index contributed by atoms with van der Waals surface area (Å²) >= 11 is 2.93. The van der Waals surface area contributed by atoms with Crippen LogP contribution < -0.4 is 0 Å². The molecule has 2 aliphatic rings. The zero-order valence-corrected chi connectivity index (χ0v) is 17.1. The number of fused-ring (bicyclic) bond motifs is 1. The number of hydrogen-bond acceptors (Lipinski definition) is 5. The van der Waals surface area contributed by atoms with Gasteiger partial charge >= 0.3 is 0 Å². The number of carbonyl (C=O) groups is 1. The molecule has 2 aromatic heterocycles. The van der Waals surface area contributed by atoms with Crippen molar-refractivity contribution in [1.29, 1.82) is 0 Å². The normalized spacial score (nSPS) is 21.6. The van der Waals surface area contributed by atoms with Crippen molar-refractivity contribution in [3.8, 4) is 0 Å². The summed E-state index contributed by atoms with van der Waals surface area (Å²) in [6.07, 6.45) is 3.19. The molecule has 26 heavy (non-hydrogen) atoms. The molecule has 1 atom stereocenters. The maximum Gasteiger partial charge on any atom is 0.255 e. The van der Waals surface area contributed by atoms with Gasteiger partial charge in [-0.3, -0.25) is 4.79 Å². The molecule has 5 nitrogen and oxygen atoms in total. The molecule has 1 aliphatic carbocycles. The van der Waals surface area contributed by atoms with Gasteiger partial charge < -0.3 is 4.90 Å². The highest BCUT2D eigenvalue weighted by Gasteiger charge is 2.32. The molecule has 1 fully saturated rings. The SMILES string of the molecule is C[C@H]1CCc2c(C(=O)N3CCN(S(=O)(=O)c4cccs4)CC3)csc2C1. The highest BCUT2D eigenvalue weighted by molar-refractivity contribution is 7.91. The molecule has 0 spiro atoms. The van der Waals surface area contributed by atoms with Crippen LogP contribution in [0.15, 0.2) is 27.1 Å². The molecular weight excluding hydrogens is 388 g/mol. The second-order valence-electron chi connectivity index (χ2n) is 7.03. The van der Waals surface area contributed by atoms with E-state index in [9.17, 15) is 13.2 Å². The molecule has 1 aliphatic heterocycles. The van der Waals surface area contributed by atoms with Crippen LogP contribution in [0.25, 0.3) is 0 Å². The van der Waals surface area contributed by atoms with Gasteiger partial charge in [-0.05, 0) is 42.2 Å². The fourth-order valence-corrected chi connectivity index (χ4v) is 7.50. The van der Waals surface area contributed by atoms with Crippen molar-refractivity contribution < 1.29 is 13.2 Å². The van der Waals surface area contributed by atoms with Crippen molar-refractivity contribution >= 4 is 38.6 Å². The standard InChI is InChI=1S/C18H22N2O3S3/c1-13-4-5-14-15(12-25-16(14)11-13)18(21)19-6-8-20(9-7-19)26(22,23)17-3-2-10-24-17/h2-3,10,12-13H,4-9,11H2,1H3/t13-/m0/s1. The lowest BCUT2D eigenvalue weighted by atomic mass is 9.88. The molecule has 2 aromatic rings. The van der Waals surface area contributed by atoms with Gasteiger partial charge in [-0.1, -0.05) is 13.0 Å². The van der Waals surface area contributed by atoms with Gasteiger partial charge in [0.15, 0.2) is 0 Å². The molecular formula is C18H22N2O3S3. The molecule has 8 heteroatoms. The number of thiophene rings is 2. The number of nitrogens with zero attached hydrogens (tertiary/aromatic N) is 2. The van der Waals surface area contributed by atoms with Crippen LogP contribution in [0.5, 0.6) is 0 Å². The first-order chi connectivity index (χ1) is 12.5. The number of sulfonamides is 1. The Kier molecular flexibility index (Phi) is 4.94. The van der Waals surface area contributed by atoms with E-state index in [2.05, 4.69) is 6.92 Å². The number of hydrogen-bond donors (Lipinski definition) is 0. The molecule has 1 saturated heterocycles. The summed E-state index contributed by atoms with van der Waals surface area (Å²) in [5.41, 5.74) is 2.07. The summed E-state index contributed by atoms with van der Waals surface area (Å²) in [6.45, 7) is 3.87. The molecule has 4 rings (SSSR count). The minimum atomic E-state index is -3.43. The van der Waals surface area contributed by atoms with Gasteiger partial charge in [-0.2, -0.15) is 4.31 Å². The van der Waals surface area contributed by atoms with Crippen LogP contribution in [0.1, 0.15) is 34.1 Å². The first-order valence-electron chi connectivity index (χ1n) is 8.89. The predicted octanol–water partition coefficient (Wildman–Crippen LogP) is 3.08. The molecule has 0 bridgehead atoms. The molecule has 0 N–H and O–H groups in total. The summed E-state index contributed by atoms with van der Waals surface area (Å²) in [4.78, 5) is 16.1. The molecule has 0 radical (unpaired) electrons. The van der Waals surface area contributed by atoms with Gasteiger partial charge in [0, 0.05) is 36.4 Å². The Hall–Kier alpha value is -1.22. The van der Waals surface area contributed by atoms with Crippen LogP contribution in [0, 0.1) is 5.92 Å². The number of carbonyl (C=O) groups excluding carboxylic acids is 1. The molecule has 1 amide bonds. The van der Waals surface area contributed by atoms with Gasteiger partial charge in [-0.15, -0.1) is 22.7 Å². The van der Waals surface area contributed by atoms with Crippen molar-refractivity contribution in [2.75, 3.05) is 26.2 Å². The summed E-state index contributed by atoms with van der Waals surface area (Å²) < 4.78 is 27.1. The smallest absolute Gasteiger partial charge is 0.255 e. The van der Waals surface area contributed by atoms with Gasteiger partial charge in [0.2, 0.25) is 0 Å². The van der Waals surface area contributed by atoms with E-state index in [1.54, 1.807) is 33.7 Å². The lowest BCUT2D eigenvalue weighted by molar-refractivity contribution is 0.0697. The summed E-state index contributed by atoms with van der Waals surface area (Å²) in [5, 5.41) is 3.77. The van der Waals surface area contributed by atoms with E-state index >= 15 is 0 Å². The Balaban J connectivity index is 1.45. The Morgan fingerprint density at radius 3 is 2.65 bits per heavy atom. The highest BCUT2D eigenvalue weighted by atomic mass is 32.2. The Bertz CT molecular complexity index is 894. The van der Waals surface area contributed by atoms with Gasteiger partial charge in [0.05, 0.1) is 5.56 Å². The van der Waals surface area contributed by atoms with Crippen LogP contribution in [0.3, 0.4) is 0 Å². The number of rotatable bonds is 3. The largest absolute Gasteiger partial charge is 0.336 e. The first kappa shape index (κ1) is 18.2. The van der Waals surface area contributed by atoms with Crippen molar-refractivity contribution in [3.05, 3.63) is 38.9 Å². The van der Waals surface area contributed by atoms with Crippen LogP contribution in [0.2, 0.25) is 0 Å². The van der Waals surface area contributed by atoms with E-state index < -0.39 is 10.0 Å². The second kappa shape index (κ2) is 7.07. The third-order valence-electron chi connectivity index (χ3n) is 5.25. The van der Waals surface area contributed by atoms with Crippen LogP contribution in [-0.2, 0) is 22.9 Å². The molecule has 0 saturated carbocycles. The van der Waals surface area contributed by atoms with E-state index in [-0.39, 0.29) is 5.91 Å². The maximum atomic E-state index is 13.0. The average molecular weight is 411 g/mol. The van der Waals surface area contributed by atoms with Crippen LogP contribution in [0.4, 0.5) is 0 Å². The monoisotopic (exact) mass is 410 g/mol. The Morgan fingerprint density at radius 2 is 1.96 bits per heavy atom. The van der Waals surface area contributed by atoms with E-state index in [0.29, 0.717) is 36.3 Å².